The summed E-state index contributed by atoms with van der Waals surface area (Å²) < 4.78 is 2.66. The smallest absolute Gasteiger partial charge is 0.361 e. The molecule has 21 heavy (non-hydrogen) atoms. The summed E-state index contributed by atoms with van der Waals surface area (Å²) in [5.41, 5.74) is 2.25. The molecule has 2 aromatic carbocycles. The number of para-hydroxylation sites is 1. The Labute approximate surface area is 141 Å². The summed E-state index contributed by atoms with van der Waals surface area (Å²) in [6.45, 7) is 5.64. The maximum Gasteiger partial charge on any atom is 2.00 e. The van der Waals surface area contributed by atoms with Crippen LogP contribution in [0, 0.1) is 12.6 Å². The van der Waals surface area contributed by atoms with Crippen molar-refractivity contribution in [2.24, 2.45) is 0 Å². The van der Waals surface area contributed by atoms with Gasteiger partial charge < -0.3 is 22.6 Å². The number of fused-ring (bicyclic) bond motifs is 3. The van der Waals surface area contributed by atoms with Crippen molar-refractivity contribution in [2.75, 3.05) is 0 Å². The largest absolute Gasteiger partial charge is 2.00 e. The maximum absolute atomic E-state index is 12.3. The Bertz CT molecular complexity index is 1050. The van der Waals surface area contributed by atoms with E-state index in [1.54, 1.807) is 4.40 Å². The number of benzene rings is 2. The Morgan fingerprint density at radius 1 is 1.14 bits per heavy atom. The van der Waals surface area contributed by atoms with Gasteiger partial charge in [0.05, 0.1) is 5.52 Å². The molecule has 0 fully saturated rings. The molecule has 2 aromatic heterocycles. The van der Waals surface area contributed by atoms with E-state index in [1.165, 1.54) is 6.08 Å². The number of halogens is 1. The third kappa shape index (κ3) is 1.89. The van der Waals surface area contributed by atoms with Gasteiger partial charge in [-0.2, -0.15) is 5.39 Å². The Hall–Kier alpha value is -1.55. The predicted octanol–water partition coefficient (Wildman–Crippen LogP) is 4.05. The van der Waals surface area contributed by atoms with Crippen LogP contribution in [0.4, 0.5) is 0 Å². The van der Waals surface area contributed by atoms with Crippen molar-refractivity contribution in [1.82, 2.24) is 4.40 Å². The molecule has 0 aliphatic heterocycles. The normalized spacial score (nSPS) is 11.1. The van der Waals surface area contributed by atoms with Gasteiger partial charge in [0.2, 0.25) is 0 Å². The topological polar surface area (TPSA) is 21.5 Å². The third-order valence-corrected chi connectivity index (χ3v) is 4.09. The molecule has 0 saturated carbocycles. The standard InChI is InChI=1S/C17H8BrNO.V/c1-2-10-7-16(20)19-15-6-4-3-5-12(15)14-9-11(18)8-13(10)17(14)19;/h1-6,8-9H;/q-2;+2. The molecule has 0 aliphatic carbocycles. The van der Waals surface area contributed by atoms with Crippen LogP contribution in [-0.2, 0) is 18.6 Å². The molecule has 0 spiro atoms. The summed E-state index contributed by atoms with van der Waals surface area (Å²) in [5, 5.41) is 3.02. The fraction of sp³-hybridized carbons (Fsp3) is 0. The van der Waals surface area contributed by atoms with E-state index in [0.29, 0.717) is 5.56 Å². The first-order valence-electron chi connectivity index (χ1n) is 6.17. The van der Waals surface area contributed by atoms with Gasteiger partial charge in [-0.05, 0) is 23.0 Å². The number of nitrogens with zero attached hydrogens (tertiary/aromatic N) is 1. The summed E-state index contributed by atoms with van der Waals surface area (Å²) in [6.07, 6.45) is 1.43. The second-order valence-corrected chi connectivity index (χ2v) is 5.63. The van der Waals surface area contributed by atoms with E-state index in [0.717, 1.165) is 31.7 Å². The van der Waals surface area contributed by atoms with Crippen LogP contribution in [0.2, 0.25) is 0 Å². The monoisotopic (exact) mass is 372 g/mol. The van der Waals surface area contributed by atoms with Gasteiger partial charge in [-0.1, -0.05) is 34.1 Å². The molecule has 0 bridgehead atoms. The summed E-state index contributed by atoms with van der Waals surface area (Å²) in [4.78, 5) is 12.3. The van der Waals surface area contributed by atoms with E-state index in [9.17, 15) is 4.79 Å². The van der Waals surface area contributed by atoms with Gasteiger partial charge in [0.1, 0.15) is 0 Å². The number of rotatable bonds is 1. The van der Waals surface area contributed by atoms with Crippen molar-refractivity contribution in [3.05, 3.63) is 69.4 Å². The number of aromatic nitrogens is 1. The Kier molecular flexibility index (Phi) is 3.44. The molecule has 0 amide bonds. The zero-order valence-electron chi connectivity index (χ0n) is 10.8. The minimum Gasteiger partial charge on any atom is -0.361 e. The number of pyridine rings is 1. The average molecular weight is 373 g/mol. The van der Waals surface area contributed by atoms with E-state index < -0.39 is 0 Å². The van der Waals surface area contributed by atoms with Gasteiger partial charge in [-0.25, -0.2) is 6.07 Å². The van der Waals surface area contributed by atoms with Crippen molar-refractivity contribution < 1.29 is 18.6 Å². The van der Waals surface area contributed by atoms with Crippen LogP contribution in [0.1, 0.15) is 5.56 Å². The Balaban J connectivity index is 0.00000132. The van der Waals surface area contributed by atoms with Crippen LogP contribution in [-0.4, -0.2) is 4.40 Å². The van der Waals surface area contributed by atoms with E-state index in [4.69, 9.17) is 6.58 Å². The van der Waals surface area contributed by atoms with Gasteiger partial charge in [0.25, 0.3) is 0 Å². The first-order chi connectivity index (χ1) is 9.70. The molecule has 2 heterocycles. The van der Waals surface area contributed by atoms with Gasteiger partial charge in [-0.15, -0.1) is 6.07 Å². The first-order valence-corrected chi connectivity index (χ1v) is 6.96. The molecule has 0 saturated heterocycles. The zero-order chi connectivity index (χ0) is 13.9. The molecule has 1 radical (unpaired) electrons. The first kappa shape index (κ1) is 14.4. The fourth-order valence-electron chi connectivity index (χ4n) is 2.85. The minimum absolute atomic E-state index is 0. The summed E-state index contributed by atoms with van der Waals surface area (Å²) in [6, 6.07) is 14.7. The molecular weight excluding hydrogens is 365 g/mol. The SMILES string of the molecule is [CH-]=Cc1[c-]c(=O)n2c3ccccc3c3cc(Br)cc1c32.[V+2]. The van der Waals surface area contributed by atoms with Crippen LogP contribution < -0.4 is 5.56 Å². The zero-order valence-corrected chi connectivity index (χ0v) is 13.8. The molecule has 0 aliphatic rings. The molecule has 0 unspecified atom stereocenters. The van der Waals surface area contributed by atoms with E-state index in [-0.39, 0.29) is 24.1 Å². The van der Waals surface area contributed by atoms with E-state index >= 15 is 0 Å². The average Bonchev–Trinajstić information content (AvgIpc) is 2.78. The van der Waals surface area contributed by atoms with E-state index in [1.807, 2.05) is 36.4 Å². The fourth-order valence-corrected chi connectivity index (χ4v) is 3.31. The summed E-state index contributed by atoms with van der Waals surface area (Å²) >= 11 is 3.52. The van der Waals surface area contributed by atoms with Crippen LogP contribution in [0.3, 0.4) is 0 Å². The minimum atomic E-state index is -0.178. The second kappa shape index (κ2) is 5.02. The van der Waals surface area contributed by atoms with Crippen molar-refractivity contribution in [1.29, 1.82) is 0 Å². The third-order valence-electron chi connectivity index (χ3n) is 3.63. The quantitative estimate of drug-likeness (QED) is 0.462. The second-order valence-electron chi connectivity index (χ2n) is 4.71. The number of hydrogen-bond donors (Lipinski definition) is 0. The van der Waals surface area contributed by atoms with E-state index in [2.05, 4.69) is 22.0 Å². The van der Waals surface area contributed by atoms with Crippen molar-refractivity contribution in [2.45, 2.75) is 0 Å². The molecule has 4 heteroatoms. The molecule has 99 valence electrons. The van der Waals surface area contributed by atoms with Gasteiger partial charge >= 0.3 is 18.6 Å². The summed E-state index contributed by atoms with van der Waals surface area (Å²) in [5.74, 6) is 0. The van der Waals surface area contributed by atoms with Crippen molar-refractivity contribution in [3.63, 3.8) is 0 Å². The number of hydrogen-bond acceptors (Lipinski definition) is 1. The van der Waals surface area contributed by atoms with Crippen molar-refractivity contribution >= 4 is 49.2 Å². The maximum atomic E-state index is 12.3. The van der Waals surface area contributed by atoms with Crippen LogP contribution in [0.15, 0.2) is 45.7 Å². The molecule has 4 rings (SSSR count). The Morgan fingerprint density at radius 3 is 2.62 bits per heavy atom. The van der Waals surface area contributed by atoms with Gasteiger partial charge in [0, 0.05) is 9.86 Å². The van der Waals surface area contributed by atoms with Gasteiger partial charge in [0.15, 0.2) is 5.56 Å². The van der Waals surface area contributed by atoms with Crippen LogP contribution >= 0.6 is 15.9 Å². The molecule has 0 atom stereocenters. The predicted molar refractivity (Wildman–Crippen MR) is 85.2 cm³/mol. The molecule has 0 N–H and O–H groups in total. The van der Waals surface area contributed by atoms with Crippen LogP contribution in [0.25, 0.3) is 33.3 Å². The van der Waals surface area contributed by atoms with Crippen LogP contribution in [0.5, 0.6) is 0 Å². The van der Waals surface area contributed by atoms with Crippen molar-refractivity contribution in [3.8, 4) is 0 Å². The molecule has 2 nitrogen and oxygen atoms in total. The van der Waals surface area contributed by atoms with Gasteiger partial charge in [-0.3, -0.25) is 4.79 Å². The molecular formula is C17H8BrNOV. The Morgan fingerprint density at radius 2 is 1.86 bits per heavy atom. The molecule has 4 aromatic rings. The summed E-state index contributed by atoms with van der Waals surface area (Å²) in [7, 11) is 0.